The molecule has 16 heavy (non-hydrogen) atoms. The molecular formula is C11H8O5. The number of hydrogen-bond donors (Lipinski definition) is 1. The molecule has 0 unspecified atom stereocenters. The van der Waals surface area contributed by atoms with E-state index in [1.54, 1.807) is 0 Å². The minimum Gasteiger partial charge on any atom is -0.504 e. The average molecular weight is 220 g/mol. The second kappa shape index (κ2) is 3.69. The zero-order valence-electron chi connectivity index (χ0n) is 8.39. The Morgan fingerprint density at radius 1 is 1.44 bits per heavy atom. The van der Waals surface area contributed by atoms with Gasteiger partial charge in [0.2, 0.25) is 0 Å². The molecule has 0 amide bonds. The average Bonchev–Trinajstić information content (AvgIpc) is 2.29. The van der Waals surface area contributed by atoms with Crippen LogP contribution in [0.5, 0.6) is 11.5 Å². The van der Waals surface area contributed by atoms with Gasteiger partial charge in [0.1, 0.15) is 11.3 Å². The normalized spacial score (nSPS) is 10.3. The Hall–Kier alpha value is -2.30. The summed E-state index contributed by atoms with van der Waals surface area (Å²) >= 11 is 0. The molecular weight excluding hydrogens is 212 g/mol. The van der Waals surface area contributed by atoms with E-state index in [0.29, 0.717) is 11.7 Å². The van der Waals surface area contributed by atoms with Crippen LogP contribution in [0.15, 0.2) is 27.4 Å². The van der Waals surface area contributed by atoms with Gasteiger partial charge in [-0.05, 0) is 12.1 Å². The van der Waals surface area contributed by atoms with Gasteiger partial charge in [0.05, 0.1) is 7.11 Å². The van der Waals surface area contributed by atoms with Crippen LogP contribution >= 0.6 is 0 Å². The van der Waals surface area contributed by atoms with E-state index in [4.69, 9.17) is 9.15 Å². The summed E-state index contributed by atoms with van der Waals surface area (Å²) in [5.74, 6) is -0.157. The van der Waals surface area contributed by atoms with Crippen molar-refractivity contribution in [1.29, 1.82) is 0 Å². The molecule has 1 aromatic heterocycles. The summed E-state index contributed by atoms with van der Waals surface area (Å²) < 4.78 is 9.76. The highest BCUT2D eigenvalue weighted by Gasteiger charge is 2.14. The summed E-state index contributed by atoms with van der Waals surface area (Å²) in [6.45, 7) is 0. The third-order valence-corrected chi connectivity index (χ3v) is 2.22. The standard InChI is InChI=1S/C11H8O5/c1-15-8-4-6-2-3-9(13)16-11(6)10(14)7(8)5-12/h2-5,14H,1H3. The summed E-state index contributed by atoms with van der Waals surface area (Å²) in [5, 5.41) is 10.2. The smallest absolute Gasteiger partial charge is 0.336 e. The number of hydrogen-bond acceptors (Lipinski definition) is 5. The second-order valence-electron chi connectivity index (χ2n) is 3.13. The van der Waals surface area contributed by atoms with Crippen molar-refractivity contribution < 1.29 is 19.1 Å². The molecule has 0 bridgehead atoms. The first kappa shape index (κ1) is 10.2. The molecule has 5 nitrogen and oxygen atoms in total. The van der Waals surface area contributed by atoms with Crippen LogP contribution in [0.3, 0.4) is 0 Å². The maximum absolute atomic E-state index is 11.0. The molecule has 1 N–H and O–H groups in total. The number of ether oxygens (including phenoxy) is 1. The molecule has 0 aliphatic carbocycles. The number of phenolic OH excluding ortho intramolecular Hbond substituents is 1. The Morgan fingerprint density at radius 3 is 2.81 bits per heavy atom. The lowest BCUT2D eigenvalue weighted by Crippen LogP contribution is -1.97. The van der Waals surface area contributed by atoms with E-state index in [1.807, 2.05) is 0 Å². The van der Waals surface area contributed by atoms with Gasteiger partial charge in [-0.25, -0.2) is 4.79 Å². The van der Waals surface area contributed by atoms with E-state index >= 15 is 0 Å². The maximum Gasteiger partial charge on any atom is 0.336 e. The van der Waals surface area contributed by atoms with E-state index in [-0.39, 0.29) is 22.6 Å². The van der Waals surface area contributed by atoms with Gasteiger partial charge in [-0.3, -0.25) is 4.79 Å². The number of aldehydes is 1. The van der Waals surface area contributed by atoms with E-state index < -0.39 is 5.63 Å². The summed E-state index contributed by atoms with van der Waals surface area (Å²) in [5.41, 5.74) is -0.649. The summed E-state index contributed by atoms with van der Waals surface area (Å²) in [6.07, 6.45) is 0.445. The lowest BCUT2D eigenvalue weighted by Gasteiger charge is -2.07. The number of benzene rings is 1. The summed E-state index contributed by atoms with van der Waals surface area (Å²) in [4.78, 5) is 21.8. The molecule has 0 atom stereocenters. The minimum absolute atomic E-state index is 0.0181. The fourth-order valence-corrected chi connectivity index (χ4v) is 1.47. The van der Waals surface area contributed by atoms with Crippen LogP contribution in [0, 0.1) is 0 Å². The molecule has 5 heteroatoms. The van der Waals surface area contributed by atoms with Gasteiger partial charge in [-0.15, -0.1) is 0 Å². The molecule has 0 saturated heterocycles. The van der Waals surface area contributed by atoms with E-state index in [2.05, 4.69) is 0 Å². The summed E-state index contributed by atoms with van der Waals surface area (Å²) in [7, 11) is 1.38. The van der Waals surface area contributed by atoms with Crippen LogP contribution in [0.2, 0.25) is 0 Å². The largest absolute Gasteiger partial charge is 0.504 e. The first-order chi connectivity index (χ1) is 7.67. The van der Waals surface area contributed by atoms with E-state index in [1.165, 1.54) is 25.3 Å². The number of carbonyl (C=O) groups is 1. The van der Waals surface area contributed by atoms with Crippen molar-refractivity contribution >= 4 is 17.3 Å². The van der Waals surface area contributed by atoms with Gasteiger partial charge in [0, 0.05) is 11.5 Å². The number of fused-ring (bicyclic) bond motifs is 1. The Labute approximate surface area is 89.9 Å². The van der Waals surface area contributed by atoms with Gasteiger partial charge in [0.25, 0.3) is 0 Å². The fraction of sp³-hybridized carbons (Fsp3) is 0.0909. The molecule has 0 spiro atoms. The zero-order chi connectivity index (χ0) is 11.7. The first-order valence-corrected chi connectivity index (χ1v) is 4.46. The molecule has 0 radical (unpaired) electrons. The van der Waals surface area contributed by atoms with Crippen LogP contribution in [-0.4, -0.2) is 18.5 Å². The van der Waals surface area contributed by atoms with Crippen molar-refractivity contribution in [3.8, 4) is 11.5 Å². The molecule has 0 aliphatic heterocycles. The quantitative estimate of drug-likeness (QED) is 0.610. The van der Waals surface area contributed by atoms with E-state index in [9.17, 15) is 14.7 Å². The number of methoxy groups -OCH3 is 1. The second-order valence-corrected chi connectivity index (χ2v) is 3.13. The molecule has 2 aromatic rings. The molecule has 0 saturated carbocycles. The number of phenols is 1. The van der Waals surface area contributed by atoms with Crippen LogP contribution < -0.4 is 10.4 Å². The highest BCUT2D eigenvalue weighted by atomic mass is 16.5. The topological polar surface area (TPSA) is 76.7 Å². The Balaban J connectivity index is 2.93. The Bertz CT molecular complexity index is 612. The van der Waals surface area contributed by atoms with Gasteiger partial charge in [-0.2, -0.15) is 0 Å². The molecule has 82 valence electrons. The van der Waals surface area contributed by atoms with Crippen LogP contribution in [0.1, 0.15) is 10.4 Å². The van der Waals surface area contributed by atoms with Crippen LogP contribution in [0.4, 0.5) is 0 Å². The third-order valence-electron chi connectivity index (χ3n) is 2.22. The van der Waals surface area contributed by atoms with Crippen LogP contribution in [-0.2, 0) is 0 Å². The number of rotatable bonds is 2. The molecule has 1 heterocycles. The van der Waals surface area contributed by atoms with Crippen molar-refractivity contribution in [3.63, 3.8) is 0 Å². The van der Waals surface area contributed by atoms with Crippen molar-refractivity contribution in [2.24, 2.45) is 0 Å². The number of carbonyl (C=O) groups excluding carboxylic acids is 1. The highest BCUT2D eigenvalue weighted by molar-refractivity contribution is 5.95. The monoisotopic (exact) mass is 220 g/mol. The minimum atomic E-state index is -0.593. The Morgan fingerprint density at radius 2 is 2.19 bits per heavy atom. The fourth-order valence-electron chi connectivity index (χ4n) is 1.47. The molecule has 1 aromatic carbocycles. The van der Waals surface area contributed by atoms with Crippen molar-refractivity contribution in [2.75, 3.05) is 7.11 Å². The first-order valence-electron chi connectivity index (χ1n) is 4.46. The SMILES string of the molecule is COc1cc2ccc(=O)oc2c(O)c1C=O. The maximum atomic E-state index is 11.0. The van der Waals surface area contributed by atoms with E-state index in [0.717, 1.165) is 0 Å². The number of aromatic hydroxyl groups is 1. The van der Waals surface area contributed by atoms with Crippen molar-refractivity contribution in [1.82, 2.24) is 0 Å². The third kappa shape index (κ3) is 1.42. The molecule has 0 aliphatic rings. The predicted molar refractivity (Wildman–Crippen MR) is 56.1 cm³/mol. The predicted octanol–water partition coefficient (Wildman–Crippen LogP) is 1.32. The highest BCUT2D eigenvalue weighted by Crippen LogP contribution is 2.33. The molecule has 2 rings (SSSR count). The summed E-state index contributed by atoms with van der Waals surface area (Å²) in [6, 6.07) is 4.22. The van der Waals surface area contributed by atoms with Gasteiger partial charge in [-0.1, -0.05) is 0 Å². The van der Waals surface area contributed by atoms with Gasteiger partial charge in [0.15, 0.2) is 17.6 Å². The zero-order valence-corrected chi connectivity index (χ0v) is 8.39. The Kier molecular flexibility index (Phi) is 2.36. The lowest BCUT2D eigenvalue weighted by molar-refractivity contribution is 0.111. The van der Waals surface area contributed by atoms with Gasteiger partial charge < -0.3 is 14.3 Å². The molecule has 0 fully saturated rings. The van der Waals surface area contributed by atoms with Crippen molar-refractivity contribution in [2.45, 2.75) is 0 Å². The van der Waals surface area contributed by atoms with Gasteiger partial charge >= 0.3 is 5.63 Å². The lowest BCUT2D eigenvalue weighted by atomic mass is 10.1. The van der Waals surface area contributed by atoms with Crippen LogP contribution in [0.25, 0.3) is 11.0 Å². The van der Waals surface area contributed by atoms with Crippen molar-refractivity contribution in [3.05, 3.63) is 34.2 Å².